The zero-order chi connectivity index (χ0) is 20.7. The van der Waals surface area contributed by atoms with E-state index in [2.05, 4.69) is 16.9 Å². The van der Waals surface area contributed by atoms with Crippen LogP contribution in [0.5, 0.6) is 5.75 Å². The normalized spacial score (nSPS) is 16.0. The lowest BCUT2D eigenvalue weighted by Crippen LogP contribution is -2.22. The van der Waals surface area contributed by atoms with E-state index in [0.29, 0.717) is 24.8 Å². The fourth-order valence-corrected chi connectivity index (χ4v) is 5.85. The van der Waals surface area contributed by atoms with Gasteiger partial charge in [-0.2, -0.15) is 0 Å². The molecule has 0 aliphatic heterocycles. The Morgan fingerprint density at radius 2 is 2.13 bits per heavy atom. The Kier molecular flexibility index (Phi) is 5.12. The lowest BCUT2D eigenvalue weighted by molar-refractivity contribution is 0.305. The number of ether oxygens (including phenoxy) is 1. The molecule has 0 saturated carbocycles. The molecular weight excluding hydrogens is 421 g/mol. The Balaban J connectivity index is 1.34. The topological polar surface area (TPSA) is 57.0 Å². The van der Waals surface area contributed by atoms with Crippen molar-refractivity contribution < 1.29 is 9.13 Å². The van der Waals surface area contributed by atoms with Gasteiger partial charge in [-0.15, -0.1) is 22.7 Å². The van der Waals surface area contributed by atoms with E-state index >= 15 is 0 Å². The third-order valence-electron chi connectivity index (χ3n) is 5.39. The highest BCUT2D eigenvalue weighted by atomic mass is 32.1. The number of nitrogens with zero attached hydrogens (tertiary/aromatic N) is 3. The van der Waals surface area contributed by atoms with Crippen molar-refractivity contribution in [2.75, 3.05) is 0 Å². The van der Waals surface area contributed by atoms with Gasteiger partial charge in [-0.1, -0.05) is 6.92 Å². The van der Waals surface area contributed by atoms with Crippen LogP contribution in [0.1, 0.15) is 34.5 Å². The van der Waals surface area contributed by atoms with Crippen LogP contribution >= 0.6 is 22.7 Å². The zero-order valence-electron chi connectivity index (χ0n) is 16.4. The first kappa shape index (κ1) is 19.4. The summed E-state index contributed by atoms with van der Waals surface area (Å²) in [5.41, 5.74) is 2.02. The summed E-state index contributed by atoms with van der Waals surface area (Å²) in [6.07, 6.45) is 4.75. The zero-order valence-corrected chi connectivity index (χ0v) is 18.1. The standard InChI is InChI=1S/C22H20FN3O2S2/c1-13-2-7-17-18(8-13)30-21-20(17)22(27)26(12-24-21)9-15-11-29-19(25-15)10-28-16-5-3-14(23)4-6-16/h3-6,11-13H,2,7-10H2,1H3/t13-/m1/s1. The Morgan fingerprint density at radius 1 is 1.30 bits per heavy atom. The first-order valence-electron chi connectivity index (χ1n) is 9.88. The van der Waals surface area contributed by atoms with Gasteiger partial charge in [0, 0.05) is 10.3 Å². The molecule has 5 rings (SSSR count). The average Bonchev–Trinajstić information content (AvgIpc) is 3.33. The van der Waals surface area contributed by atoms with Gasteiger partial charge in [0.15, 0.2) is 0 Å². The molecule has 1 atom stereocenters. The van der Waals surface area contributed by atoms with Gasteiger partial charge in [-0.3, -0.25) is 9.36 Å². The van der Waals surface area contributed by atoms with Crippen LogP contribution in [0.3, 0.4) is 0 Å². The van der Waals surface area contributed by atoms with Crippen molar-refractivity contribution in [3.63, 3.8) is 0 Å². The van der Waals surface area contributed by atoms with E-state index in [1.165, 1.54) is 33.9 Å². The molecule has 3 heterocycles. The summed E-state index contributed by atoms with van der Waals surface area (Å²) in [7, 11) is 0. The molecule has 0 radical (unpaired) electrons. The molecule has 0 bridgehead atoms. The predicted octanol–water partition coefficient (Wildman–Crippen LogP) is 4.81. The number of thiazole rings is 1. The van der Waals surface area contributed by atoms with Gasteiger partial charge in [-0.05, 0) is 55.0 Å². The van der Waals surface area contributed by atoms with Crippen molar-refractivity contribution in [1.29, 1.82) is 0 Å². The molecule has 0 unspecified atom stereocenters. The minimum Gasteiger partial charge on any atom is -0.486 e. The summed E-state index contributed by atoms with van der Waals surface area (Å²) < 4.78 is 20.3. The summed E-state index contributed by atoms with van der Waals surface area (Å²) in [5.74, 6) is 0.963. The van der Waals surface area contributed by atoms with Crippen molar-refractivity contribution >= 4 is 32.9 Å². The second-order valence-electron chi connectivity index (χ2n) is 7.68. The lowest BCUT2D eigenvalue weighted by Gasteiger charge is -2.17. The lowest BCUT2D eigenvalue weighted by atomic mass is 9.89. The van der Waals surface area contributed by atoms with Crippen molar-refractivity contribution in [3.8, 4) is 5.75 Å². The molecule has 8 heteroatoms. The molecule has 30 heavy (non-hydrogen) atoms. The van der Waals surface area contributed by atoms with Gasteiger partial charge in [0.25, 0.3) is 5.56 Å². The largest absolute Gasteiger partial charge is 0.486 e. The van der Waals surface area contributed by atoms with Gasteiger partial charge >= 0.3 is 0 Å². The Hall–Kier alpha value is -2.58. The quantitative estimate of drug-likeness (QED) is 0.446. The van der Waals surface area contributed by atoms with Crippen LogP contribution in [0.4, 0.5) is 4.39 Å². The highest BCUT2D eigenvalue weighted by molar-refractivity contribution is 7.18. The number of benzene rings is 1. The smallest absolute Gasteiger partial charge is 0.262 e. The maximum Gasteiger partial charge on any atom is 0.262 e. The van der Waals surface area contributed by atoms with Crippen molar-refractivity contribution in [2.24, 2.45) is 5.92 Å². The van der Waals surface area contributed by atoms with E-state index < -0.39 is 0 Å². The van der Waals surface area contributed by atoms with Crippen molar-refractivity contribution in [2.45, 2.75) is 39.3 Å². The van der Waals surface area contributed by atoms with E-state index in [9.17, 15) is 9.18 Å². The molecule has 5 nitrogen and oxygen atoms in total. The third-order valence-corrected chi connectivity index (χ3v) is 7.42. The van der Waals surface area contributed by atoms with Crippen LogP contribution in [0.2, 0.25) is 0 Å². The molecule has 0 N–H and O–H groups in total. The Morgan fingerprint density at radius 3 is 2.97 bits per heavy atom. The SMILES string of the molecule is C[C@@H]1CCc2c(sc3ncn(Cc4csc(COc5ccc(F)cc5)n4)c(=O)c23)C1. The molecule has 0 spiro atoms. The van der Waals surface area contributed by atoms with E-state index in [1.54, 1.807) is 34.4 Å². The number of rotatable bonds is 5. The average molecular weight is 442 g/mol. The number of aromatic nitrogens is 3. The number of thiophene rings is 1. The number of aryl methyl sites for hydroxylation is 1. The van der Waals surface area contributed by atoms with E-state index in [4.69, 9.17) is 4.74 Å². The van der Waals surface area contributed by atoms with Crippen LogP contribution in [0, 0.1) is 11.7 Å². The van der Waals surface area contributed by atoms with Gasteiger partial charge in [0.05, 0.1) is 24.0 Å². The number of halogens is 1. The molecule has 3 aromatic heterocycles. The van der Waals surface area contributed by atoms with Gasteiger partial charge in [0.2, 0.25) is 0 Å². The second-order valence-corrected chi connectivity index (χ2v) is 9.71. The van der Waals surface area contributed by atoms with Crippen LogP contribution in [-0.2, 0) is 26.0 Å². The first-order chi connectivity index (χ1) is 14.6. The number of hydrogen-bond donors (Lipinski definition) is 0. The van der Waals surface area contributed by atoms with Crippen molar-refractivity contribution in [3.05, 3.63) is 73.3 Å². The first-order valence-corrected chi connectivity index (χ1v) is 11.6. The molecular formula is C22H20FN3O2S2. The van der Waals surface area contributed by atoms with Crippen LogP contribution in [0.15, 0.2) is 40.8 Å². The Labute approximate surface area is 180 Å². The van der Waals surface area contributed by atoms with Gasteiger partial charge in [0.1, 0.15) is 28.0 Å². The molecule has 0 amide bonds. The summed E-state index contributed by atoms with van der Waals surface area (Å²) >= 11 is 3.15. The van der Waals surface area contributed by atoms with E-state index in [0.717, 1.165) is 40.2 Å². The second kappa shape index (κ2) is 7.92. The monoisotopic (exact) mass is 441 g/mol. The molecule has 154 valence electrons. The molecule has 0 saturated heterocycles. The fraction of sp³-hybridized carbons (Fsp3) is 0.318. The van der Waals surface area contributed by atoms with Crippen molar-refractivity contribution in [1.82, 2.24) is 14.5 Å². The molecule has 0 fully saturated rings. The molecule has 1 aliphatic carbocycles. The summed E-state index contributed by atoms with van der Waals surface area (Å²) in [6.45, 7) is 2.95. The highest BCUT2D eigenvalue weighted by Crippen LogP contribution is 2.35. The van der Waals surface area contributed by atoms with Crippen LogP contribution < -0.4 is 10.3 Å². The van der Waals surface area contributed by atoms with Crippen LogP contribution in [-0.4, -0.2) is 14.5 Å². The maximum atomic E-state index is 13.1. The molecule has 4 aromatic rings. The summed E-state index contributed by atoms with van der Waals surface area (Å²) in [5, 5.41) is 3.53. The minimum absolute atomic E-state index is 0.0177. The highest BCUT2D eigenvalue weighted by Gasteiger charge is 2.23. The predicted molar refractivity (Wildman–Crippen MR) is 117 cm³/mol. The minimum atomic E-state index is -0.295. The number of hydrogen-bond acceptors (Lipinski definition) is 6. The maximum absolute atomic E-state index is 13.1. The summed E-state index contributed by atoms with van der Waals surface area (Å²) in [4.78, 5) is 24.4. The molecule has 1 aromatic carbocycles. The van der Waals surface area contributed by atoms with E-state index in [-0.39, 0.29) is 11.4 Å². The third kappa shape index (κ3) is 3.77. The van der Waals surface area contributed by atoms with Gasteiger partial charge < -0.3 is 4.74 Å². The van der Waals surface area contributed by atoms with Gasteiger partial charge in [-0.25, -0.2) is 14.4 Å². The van der Waals surface area contributed by atoms with Crippen LogP contribution in [0.25, 0.3) is 10.2 Å². The molecule has 1 aliphatic rings. The van der Waals surface area contributed by atoms with E-state index in [1.807, 2.05) is 5.38 Å². The number of fused-ring (bicyclic) bond motifs is 3. The Bertz CT molecular complexity index is 1260. The fourth-order valence-electron chi connectivity index (χ4n) is 3.82. The summed E-state index contributed by atoms with van der Waals surface area (Å²) in [6, 6.07) is 5.91.